The van der Waals surface area contributed by atoms with Gasteiger partial charge in [-0.15, -0.1) is 0 Å². The lowest BCUT2D eigenvalue weighted by atomic mass is 9.94. The predicted molar refractivity (Wildman–Crippen MR) is 123 cm³/mol. The van der Waals surface area contributed by atoms with Gasteiger partial charge < -0.3 is 5.73 Å². The fourth-order valence-electron chi connectivity index (χ4n) is 4.00. The summed E-state index contributed by atoms with van der Waals surface area (Å²) in [5.74, 6) is 0. The van der Waals surface area contributed by atoms with Crippen LogP contribution in [-0.4, -0.2) is 25.0 Å². The summed E-state index contributed by atoms with van der Waals surface area (Å²) in [5.41, 5.74) is 10.4. The first kappa shape index (κ1) is 19.9. The molecule has 0 amide bonds. The Labute approximate surface area is 186 Å². The van der Waals surface area contributed by atoms with E-state index in [9.17, 15) is 10.1 Å². The molecule has 5 aromatic rings. The number of fused-ring (bicyclic) bond motifs is 2. The van der Waals surface area contributed by atoms with Crippen LogP contribution in [0.25, 0.3) is 44.1 Å². The lowest BCUT2D eigenvalue weighted by Crippen LogP contribution is -2.13. The minimum Gasteiger partial charge on any atom is -0.325 e. The molecule has 32 heavy (non-hydrogen) atoms. The van der Waals surface area contributed by atoms with Crippen molar-refractivity contribution in [1.82, 2.24) is 25.0 Å². The molecule has 0 saturated carbocycles. The van der Waals surface area contributed by atoms with Crippen molar-refractivity contribution in [3.8, 4) is 28.5 Å². The number of benzene rings is 2. The van der Waals surface area contributed by atoms with Gasteiger partial charge in [-0.3, -0.25) is 14.5 Å². The molecule has 0 aliphatic carbocycles. The van der Waals surface area contributed by atoms with Gasteiger partial charge in [0, 0.05) is 41.7 Å². The normalized spacial score (nSPS) is 11.2. The maximum absolute atomic E-state index is 12.2. The average molecular weight is 442 g/mol. The molecule has 0 unspecified atom stereocenters. The topological polar surface area (TPSA) is 126 Å². The first-order chi connectivity index (χ1) is 15.5. The van der Waals surface area contributed by atoms with Crippen LogP contribution in [0.3, 0.4) is 0 Å². The molecule has 0 fully saturated rings. The predicted octanol–water partition coefficient (Wildman–Crippen LogP) is 3.52. The van der Waals surface area contributed by atoms with Crippen LogP contribution >= 0.6 is 11.6 Å². The molecule has 156 valence electrons. The maximum Gasteiger partial charge on any atom is 0.272 e. The third-order valence-corrected chi connectivity index (χ3v) is 5.72. The molecule has 0 saturated heterocycles. The number of halogens is 1. The zero-order valence-corrected chi connectivity index (χ0v) is 17.7. The summed E-state index contributed by atoms with van der Waals surface area (Å²) >= 11 is 6.15. The third-order valence-electron chi connectivity index (χ3n) is 5.51. The monoisotopic (exact) mass is 441 g/mol. The molecule has 3 aromatic heterocycles. The van der Waals surface area contributed by atoms with Crippen molar-refractivity contribution < 1.29 is 0 Å². The summed E-state index contributed by atoms with van der Waals surface area (Å²) in [7, 11) is 1.82. The Morgan fingerprint density at radius 2 is 1.97 bits per heavy atom. The minimum atomic E-state index is -0.277. The van der Waals surface area contributed by atoms with E-state index in [-0.39, 0.29) is 12.1 Å². The number of nitrogens with zero attached hydrogens (tertiary/aromatic N) is 5. The molecule has 8 nitrogen and oxygen atoms in total. The van der Waals surface area contributed by atoms with Crippen molar-refractivity contribution in [1.29, 1.82) is 5.26 Å². The minimum absolute atomic E-state index is 0.188. The maximum atomic E-state index is 12.2. The Balaban J connectivity index is 1.79. The Kier molecular flexibility index (Phi) is 4.70. The number of nitrogens with one attached hydrogen (secondary N) is 1. The highest BCUT2D eigenvalue weighted by atomic mass is 35.5. The first-order valence-corrected chi connectivity index (χ1v) is 10.1. The fraction of sp³-hybridized carbons (Fsp3) is 0.0870. The van der Waals surface area contributed by atoms with E-state index in [1.165, 1.54) is 0 Å². The number of hydrogen-bond donors (Lipinski definition) is 2. The van der Waals surface area contributed by atoms with Crippen molar-refractivity contribution in [2.75, 3.05) is 0 Å². The van der Waals surface area contributed by atoms with Crippen LogP contribution in [0.15, 0.2) is 53.6 Å². The molecule has 2 aromatic carbocycles. The van der Waals surface area contributed by atoms with E-state index in [0.717, 1.165) is 16.8 Å². The summed E-state index contributed by atoms with van der Waals surface area (Å²) in [6.45, 7) is 0.188. The number of pyridine rings is 1. The zero-order valence-electron chi connectivity index (χ0n) is 16.9. The lowest BCUT2D eigenvalue weighted by Gasteiger charge is -2.12. The SMILES string of the molecule is Cn1ncc(-c2ccc3c(=O)[nH]nc(CN)c3c2)c1-c1ccc2ncc(Cl)cc2c1C#N. The number of rotatable bonds is 3. The highest BCUT2D eigenvalue weighted by molar-refractivity contribution is 6.31. The van der Waals surface area contributed by atoms with Crippen molar-refractivity contribution in [3.05, 3.63) is 75.4 Å². The van der Waals surface area contributed by atoms with Gasteiger partial charge in [-0.25, -0.2) is 5.10 Å². The van der Waals surface area contributed by atoms with Crippen LogP contribution in [0.2, 0.25) is 5.02 Å². The summed E-state index contributed by atoms with van der Waals surface area (Å²) in [5, 5.41) is 23.3. The van der Waals surface area contributed by atoms with Crippen molar-refractivity contribution in [3.63, 3.8) is 0 Å². The number of hydrogen-bond acceptors (Lipinski definition) is 6. The Bertz CT molecular complexity index is 1630. The summed E-state index contributed by atoms with van der Waals surface area (Å²) in [4.78, 5) is 16.5. The van der Waals surface area contributed by atoms with Crippen molar-refractivity contribution in [2.45, 2.75) is 6.54 Å². The van der Waals surface area contributed by atoms with Gasteiger partial charge in [-0.05, 0) is 35.9 Å². The number of aromatic nitrogens is 5. The number of aryl methyl sites for hydroxylation is 1. The largest absolute Gasteiger partial charge is 0.325 e. The van der Waals surface area contributed by atoms with E-state index in [0.29, 0.717) is 43.5 Å². The summed E-state index contributed by atoms with van der Waals surface area (Å²) in [6.07, 6.45) is 3.29. The molecule has 0 aliphatic heterocycles. The van der Waals surface area contributed by atoms with Gasteiger partial charge in [0.15, 0.2) is 0 Å². The number of H-pyrrole nitrogens is 1. The molecule has 3 N–H and O–H groups in total. The molecule has 0 aliphatic rings. The van der Waals surface area contributed by atoms with E-state index >= 15 is 0 Å². The molecule has 0 bridgehead atoms. The standard InChI is InChI=1S/C23H16ClN7O/c1-31-22(14-4-5-20-17(18(14)8-25)7-13(24)10-27-20)19(11-28-31)12-2-3-15-16(6-12)21(9-26)29-30-23(15)32/h2-7,10-11H,9,26H2,1H3,(H,30,32). The number of nitriles is 1. The fourth-order valence-corrected chi connectivity index (χ4v) is 4.16. The average Bonchev–Trinajstić information content (AvgIpc) is 3.19. The molecule has 0 atom stereocenters. The lowest BCUT2D eigenvalue weighted by molar-refractivity contribution is 0.776. The van der Waals surface area contributed by atoms with Crippen LogP contribution in [0.4, 0.5) is 0 Å². The van der Waals surface area contributed by atoms with Crippen molar-refractivity contribution in [2.24, 2.45) is 12.8 Å². The Morgan fingerprint density at radius 3 is 2.75 bits per heavy atom. The van der Waals surface area contributed by atoms with E-state index in [1.54, 1.807) is 29.2 Å². The highest BCUT2D eigenvalue weighted by Crippen LogP contribution is 2.37. The third kappa shape index (κ3) is 3.03. The molecule has 3 heterocycles. The van der Waals surface area contributed by atoms with Gasteiger partial charge in [-0.1, -0.05) is 17.7 Å². The van der Waals surface area contributed by atoms with Crippen LogP contribution in [0.5, 0.6) is 0 Å². The van der Waals surface area contributed by atoms with Crippen LogP contribution < -0.4 is 11.3 Å². The Morgan fingerprint density at radius 1 is 1.12 bits per heavy atom. The Hall–Kier alpha value is -4.06. The van der Waals surface area contributed by atoms with E-state index < -0.39 is 0 Å². The quantitative estimate of drug-likeness (QED) is 0.441. The molecule has 9 heteroatoms. The van der Waals surface area contributed by atoms with Gasteiger partial charge in [0.2, 0.25) is 0 Å². The van der Waals surface area contributed by atoms with E-state index in [1.807, 2.05) is 31.3 Å². The molecular weight excluding hydrogens is 426 g/mol. The summed E-state index contributed by atoms with van der Waals surface area (Å²) < 4.78 is 1.72. The van der Waals surface area contributed by atoms with Crippen molar-refractivity contribution >= 4 is 33.3 Å². The smallest absolute Gasteiger partial charge is 0.272 e. The number of nitrogens with two attached hydrogens (primary N) is 1. The summed E-state index contributed by atoms with van der Waals surface area (Å²) in [6, 6.07) is 13.2. The van der Waals surface area contributed by atoms with Crippen LogP contribution in [0, 0.1) is 11.3 Å². The van der Waals surface area contributed by atoms with Gasteiger partial charge >= 0.3 is 0 Å². The second-order valence-electron chi connectivity index (χ2n) is 7.31. The zero-order chi connectivity index (χ0) is 22.4. The van der Waals surface area contributed by atoms with Gasteiger partial charge in [-0.2, -0.15) is 15.5 Å². The second-order valence-corrected chi connectivity index (χ2v) is 7.75. The molecule has 0 spiro atoms. The molecule has 0 radical (unpaired) electrons. The molecule has 5 rings (SSSR count). The van der Waals surface area contributed by atoms with Gasteiger partial charge in [0.1, 0.15) is 6.07 Å². The van der Waals surface area contributed by atoms with E-state index in [2.05, 4.69) is 26.3 Å². The highest BCUT2D eigenvalue weighted by Gasteiger charge is 2.19. The van der Waals surface area contributed by atoms with E-state index in [4.69, 9.17) is 17.3 Å². The van der Waals surface area contributed by atoms with Gasteiger partial charge in [0.25, 0.3) is 5.56 Å². The number of aromatic amines is 1. The van der Waals surface area contributed by atoms with Crippen LogP contribution in [0.1, 0.15) is 11.3 Å². The first-order valence-electron chi connectivity index (χ1n) is 9.74. The molecular formula is C23H16ClN7O. The second kappa shape index (κ2) is 7.57. The van der Waals surface area contributed by atoms with Gasteiger partial charge in [0.05, 0.1) is 39.1 Å². The van der Waals surface area contributed by atoms with Crippen LogP contribution in [-0.2, 0) is 13.6 Å².